The van der Waals surface area contributed by atoms with E-state index in [1.807, 2.05) is 0 Å². The largest absolute Gasteiger partial charge is 0.483 e. The van der Waals surface area contributed by atoms with Gasteiger partial charge < -0.3 is 19.5 Å². The van der Waals surface area contributed by atoms with E-state index in [-0.39, 0.29) is 13.1 Å². The van der Waals surface area contributed by atoms with Crippen molar-refractivity contribution in [3.63, 3.8) is 0 Å². The lowest BCUT2D eigenvalue weighted by molar-refractivity contribution is -0.122. The Balaban J connectivity index is 0.000000659. The summed E-state index contributed by atoms with van der Waals surface area (Å²) < 4.78 is 10.4. The number of carboxylic acid groups (broad SMARTS) is 1. The summed E-state index contributed by atoms with van der Waals surface area (Å²) in [5, 5.41) is 20.8. The Morgan fingerprint density at radius 1 is 1.33 bits per heavy atom. The molecule has 0 aromatic carbocycles. The summed E-state index contributed by atoms with van der Waals surface area (Å²) in [6.45, 7) is 4.38. The number of ether oxygens (including phenoxy) is 1. The number of carbonyl (C=O) groups is 1. The van der Waals surface area contributed by atoms with Crippen LogP contribution in [0.4, 0.5) is 0 Å². The number of methoxy groups -OCH3 is 1. The zero-order valence-electron chi connectivity index (χ0n) is 15.9. The molecule has 9 heteroatoms. The van der Waals surface area contributed by atoms with Gasteiger partial charge in [-0.15, -0.1) is 0 Å². The molecule has 0 unspecified atom stereocenters. The van der Waals surface area contributed by atoms with Crippen LogP contribution in [0.25, 0.3) is 0 Å². The van der Waals surface area contributed by atoms with Crippen LogP contribution in [0.5, 0.6) is 0 Å². The molecule has 0 amide bonds. The molecule has 27 heavy (non-hydrogen) atoms. The smallest absolute Gasteiger partial charge is 0.290 e. The molecular formula is C18H30N4O5. The van der Waals surface area contributed by atoms with Gasteiger partial charge in [0.25, 0.3) is 6.47 Å². The van der Waals surface area contributed by atoms with Crippen molar-refractivity contribution in [1.82, 2.24) is 19.9 Å². The molecular weight excluding hydrogens is 352 g/mol. The van der Waals surface area contributed by atoms with Gasteiger partial charge in [0.15, 0.2) is 5.82 Å². The Morgan fingerprint density at radius 3 is 2.85 bits per heavy atom. The Kier molecular flexibility index (Phi) is 7.17. The summed E-state index contributed by atoms with van der Waals surface area (Å²) in [6, 6.07) is 0.961. The third kappa shape index (κ3) is 4.66. The summed E-state index contributed by atoms with van der Waals surface area (Å²) in [6.07, 6.45) is 5.13. The molecule has 152 valence electrons. The highest BCUT2D eigenvalue weighted by Crippen LogP contribution is 2.41. The summed E-state index contributed by atoms with van der Waals surface area (Å²) in [5.74, 6) is 2.53. The molecule has 1 aromatic rings. The predicted molar refractivity (Wildman–Crippen MR) is 95.8 cm³/mol. The van der Waals surface area contributed by atoms with E-state index in [1.54, 1.807) is 7.11 Å². The van der Waals surface area contributed by atoms with Crippen LogP contribution >= 0.6 is 0 Å². The molecule has 2 N–H and O–H groups in total. The third-order valence-electron chi connectivity index (χ3n) is 6.03. The first-order chi connectivity index (χ1) is 13.2. The Hall–Kier alpha value is -1.55. The van der Waals surface area contributed by atoms with Crippen molar-refractivity contribution in [1.29, 1.82) is 0 Å². The van der Waals surface area contributed by atoms with E-state index in [1.165, 1.54) is 25.7 Å². The third-order valence-corrected chi connectivity index (χ3v) is 6.03. The average molecular weight is 382 g/mol. The first kappa shape index (κ1) is 20.2. The van der Waals surface area contributed by atoms with Gasteiger partial charge in [0.1, 0.15) is 6.61 Å². The van der Waals surface area contributed by atoms with Crippen LogP contribution in [0.15, 0.2) is 4.52 Å². The number of nitrogens with zero attached hydrogens (tertiary/aromatic N) is 4. The van der Waals surface area contributed by atoms with Gasteiger partial charge in [-0.1, -0.05) is 11.6 Å². The number of likely N-dealkylation sites (tertiary alicyclic amines) is 1. The molecule has 9 nitrogen and oxygen atoms in total. The molecule has 4 rings (SSSR count). The fourth-order valence-corrected chi connectivity index (χ4v) is 5.12. The van der Waals surface area contributed by atoms with Gasteiger partial charge in [0, 0.05) is 32.3 Å². The van der Waals surface area contributed by atoms with Crippen molar-refractivity contribution in [2.45, 2.75) is 50.9 Å². The quantitative estimate of drug-likeness (QED) is 0.706. The van der Waals surface area contributed by atoms with Gasteiger partial charge in [-0.2, -0.15) is 4.98 Å². The molecule has 3 aliphatic rings. The maximum Gasteiger partial charge on any atom is 0.290 e. The minimum atomic E-state index is -0.250. The molecule has 4 atom stereocenters. The van der Waals surface area contributed by atoms with E-state index >= 15 is 0 Å². The van der Waals surface area contributed by atoms with Gasteiger partial charge in [0.05, 0.1) is 13.2 Å². The molecule has 3 saturated heterocycles. The lowest BCUT2D eigenvalue weighted by Gasteiger charge is -2.56. The van der Waals surface area contributed by atoms with Crippen molar-refractivity contribution in [2.24, 2.45) is 11.8 Å². The lowest BCUT2D eigenvalue weighted by atomic mass is 9.72. The van der Waals surface area contributed by atoms with Gasteiger partial charge in [-0.25, -0.2) is 0 Å². The van der Waals surface area contributed by atoms with Crippen LogP contribution in [-0.2, 0) is 22.7 Å². The maximum atomic E-state index is 9.97. The molecule has 0 saturated carbocycles. The van der Waals surface area contributed by atoms with Gasteiger partial charge in [-0.05, 0) is 37.6 Å². The Bertz CT molecular complexity index is 584. The van der Waals surface area contributed by atoms with Crippen molar-refractivity contribution in [3.8, 4) is 0 Å². The van der Waals surface area contributed by atoms with Crippen molar-refractivity contribution in [3.05, 3.63) is 11.7 Å². The van der Waals surface area contributed by atoms with E-state index in [0.717, 1.165) is 19.6 Å². The number of fused-ring (bicyclic) bond motifs is 4. The van der Waals surface area contributed by atoms with Crippen LogP contribution in [0, 0.1) is 11.8 Å². The SMILES string of the molecule is COCc1noc(CN2C[C@H]3C[C@@H](C2)[C@H](CO)N2CCCC[C@@H]32)n1.O=CO. The molecule has 0 radical (unpaired) electrons. The summed E-state index contributed by atoms with van der Waals surface area (Å²) in [5.41, 5.74) is 0. The topological polar surface area (TPSA) is 112 Å². The summed E-state index contributed by atoms with van der Waals surface area (Å²) in [4.78, 5) is 17.8. The first-order valence-corrected chi connectivity index (χ1v) is 9.67. The highest BCUT2D eigenvalue weighted by Gasteiger charge is 2.46. The van der Waals surface area contributed by atoms with Gasteiger partial charge >= 0.3 is 0 Å². The van der Waals surface area contributed by atoms with Crippen molar-refractivity contribution < 1.29 is 24.3 Å². The number of aliphatic hydroxyl groups excluding tert-OH is 1. The second-order valence-corrected chi connectivity index (χ2v) is 7.64. The maximum absolute atomic E-state index is 9.97. The molecule has 0 aliphatic carbocycles. The Labute approximate surface area is 159 Å². The molecule has 3 fully saturated rings. The zero-order valence-corrected chi connectivity index (χ0v) is 15.9. The average Bonchev–Trinajstić information content (AvgIpc) is 3.10. The predicted octanol–water partition coefficient (Wildman–Crippen LogP) is 0.584. The standard InChI is InChI=1S/C17H28N4O3.CH2O2/c1-23-11-16-18-17(24-19-16)9-20-7-12-6-13(8-20)15(10-22)21-5-3-2-4-14(12)21;2-1-3/h12-15,22H,2-11H2,1H3;1H,(H,2,3)/t12-,13+,14+,15+;/m1./s1. The van der Waals surface area contributed by atoms with Gasteiger partial charge in [0.2, 0.25) is 5.89 Å². The molecule has 0 spiro atoms. The highest BCUT2D eigenvalue weighted by atomic mass is 16.5. The van der Waals surface area contributed by atoms with Crippen LogP contribution in [0.1, 0.15) is 37.4 Å². The van der Waals surface area contributed by atoms with Crippen LogP contribution < -0.4 is 0 Å². The summed E-state index contributed by atoms with van der Waals surface area (Å²) in [7, 11) is 1.63. The normalized spacial score (nSPS) is 30.9. The van der Waals surface area contributed by atoms with Crippen LogP contribution in [0.3, 0.4) is 0 Å². The number of piperidine rings is 3. The van der Waals surface area contributed by atoms with E-state index in [2.05, 4.69) is 19.9 Å². The second-order valence-electron chi connectivity index (χ2n) is 7.64. The monoisotopic (exact) mass is 382 g/mol. The molecule has 4 heterocycles. The Morgan fingerprint density at radius 2 is 2.11 bits per heavy atom. The molecule has 1 aromatic heterocycles. The van der Waals surface area contributed by atoms with Crippen molar-refractivity contribution >= 4 is 6.47 Å². The van der Waals surface area contributed by atoms with E-state index in [0.29, 0.717) is 48.8 Å². The minimum Gasteiger partial charge on any atom is -0.483 e. The van der Waals surface area contributed by atoms with Gasteiger partial charge in [-0.3, -0.25) is 14.6 Å². The second kappa shape index (κ2) is 9.59. The van der Waals surface area contributed by atoms with E-state index in [9.17, 15) is 5.11 Å². The van der Waals surface area contributed by atoms with E-state index < -0.39 is 0 Å². The fraction of sp³-hybridized carbons (Fsp3) is 0.833. The molecule has 3 aliphatic heterocycles. The highest BCUT2D eigenvalue weighted by molar-refractivity contribution is 5.32. The van der Waals surface area contributed by atoms with Crippen molar-refractivity contribution in [2.75, 3.05) is 33.4 Å². The molecule has 2 bridgehead atoms. The zero-order chi connectivity index (χ0) is 19.2. The summed E-state index contributed by atoms with van der Waals surface area (Å²) >= 11 is 0. The number of hydrogen-bond donors (Lipinski definition) is 2. The first-order valence-electron chi connectivity index (χ1n) is 9.67. The number of aliphatic hydroxyl groups is 1. The number of hydrogen-bond acceptors (Lipinski definition) is 8. The van der Waals surface area contributed by atoms with E-state index in [4.69, 9.17) is 19.2 Å². The van der Waals surface area contributed by atoms with Crippen LogP contribution in [-0.4, -0.2) is 82.1 Å². The van der Waals surface area contributed by atoms with Crippen LogP contribution in [0.2, 0.25) is 0 Å². The minimum absolute atomic E-state index is 0.250. The number of rotatable bonds is 5. The fourth-order valence-electron chi connectivity index (χ4n) is 5.12. The lowest BCUT2D eigenvalue weighted by Crippen LogP contribution is -2.64. The number of aromatic nitrogens is 2.